The van der Waals surface area contributed by atoms with Gasteiger partial charge in [0.05, 0.1) is 11.1 Å². The predicted molar refractivity (Wildman–Crippen MR) is 231 cm³/mol. The average Bonchev–Trinajstić information content (AvgIpc) is 3.28. The fraction of sp³-hybridized carbons (Fsp3) is 0. The van der Waals surface area contributed by atoms with E-state index in [-0.39, 0.29) is 0 Å². The summed E-state index contributed by atoms with van der Waals surface area (Å²) in [4.78, 5) is 4.49. The van der Waals surface area contributed by atoms with Gasteiger partial charge in [-0.05, 0) is 118 Å². The number of hydrogen-bond acceptors (Lipinski definition) is 4. The monoisotopic (exact) mass is 714 g/mol. The van der Waals surface area contributed by atoms with Gasteiger partial charge in [-0.3, -0.25) is 0 Å². The number of rotatable bonds is 8. The molecule has 0 heterocycles. The summed E-state index contributed by atoms with van der Waals surface area (Å²) < 4.78 is 0. The van der Waals surface area contributed by atoms with E-state index in [9.17, 15) is 10.5 Å². The molecule has 0 aliphatic heterocycles. The SMILES string of the molecule is N#Cc1c(C#N)c2ccc(-c3ccc(N(c4ccccc4)c4ccccc4)cc3)cc2c2cc(-c3ccc(N(c4ccccc4)c4ccccc4)cc3)ccc12. The van der Waals surface area contributed by atoms with Crippen LogP contribution in [0.1, 0.15) is 11.1 Å². The molecule has 0 saturated carbocycles. The minimum atomic E-state index is 0.400. The van der Waals surface area contributed by atoms with Gasteiger partial charge in [-0.2, -0.15) is 10.5 Å². The minimum Gasteiger partial charge on any atom is -0.311 e. The number of anilines is 6. The van der Waals surface area contributed by atoms with Crippen molar-refractivity contribution in [3.05, 3.63) is 217 Å². The summed E-state index contributed by atoms with van der Waals surface area (Å²) in [6, 6.07) is 75.7. The van der Waals surface area contributed by atoms with E-state index < -0.39 is 0 Å². The molecule has 0 aromatic heterocycles. The zero-order valence-electron chi connectivity index (χ0n) is 30.4. The number of fused-ring (bicyclic) bond motifs is 3. The summed E-state index contributed by atoms with van der Waals surface area (Å²) in [5, 5.41) is 24.1. The Morgan fingerprint density at radius 2 is 0.536 bits per heavy atom. The van der Waals surface area contributed by atoms with Gasteiger partial charge in [0.25, 0.3) is 0 Å². The molecule has 4 nitrogen and oxygen atoms in total. The third-order valence-electron chi connectivity index (χ3n) is 10.3. The summed E-state index contributed by atoms with van der Waals surface area (Å²) in [7, 11) is 0. The van der Waals surface area contributed by atoms with Crippen molar-refractivity contribution in [2.75, 3.05) is 9.80 Å². The molecule has 0 spiro atoms. The Labute approximate surface area is 326 Å². The molecule has 0 aliphatic carbocycles. The Kier molecular flexibility index (Phi) is 8.98. The van der Waals surface area contributed by atoms with Crippen molar-refractivity contribution in [2.24, 2.45) is 0 Å². The fourth-order valence-electron chi connectivity index (χ4n) is 7.64. The van der Waals surface area contributed by atoms with E-state index in [2.05, 4.69) is 180 Å². The van der Waals surface area contributed by atoms with Crippen LogP contribution in [0.4, 0.5) is 34.1 Å². The Balaban J connectivity index is 1.12. The van der Waals surface area contributed by atoms with Crippen molar-refractivity contribution in [3.8, 4) is 34.4 Å². The highest BCUT2D eigenvalue weighted by atomic mass is 15.1. The summed E-state index contributed by atoms with van der Waals surface area (Å²) in [6.07, 6.45) is 0. The second-order valence-electron chi connectivity index (χ2n) is 13.6. The van der Waals surface area contributed by atoms with Gasteiger partial charge in [0, 0.05) is 44.9 Å². The van der Waals surface area contributed by atoms with Crippen molar-refractivity contribution >= 4 is 55.7 Å². The van der Waals surface area contributed by atoms with Crippen LogP contribution in [0.3, 0.4) is 0 Å². The molecule has 9 aromatic rings. The van der Waals surface area contributed by atoms with Crippen LogP contribution in [-0.2, 0) is 0 Å². The molecular formula is C52H34N4. The molecule has 56 heavy (non-hydrogen) atoms. The Morgan fingerprint density at radius 1 is 0.268 bits per heavy atom. The zero-order valence-corrected chi connectivity index (χ0v) is 30.4. The molecule has 262 valence electrons. The lowest BCUT2D eigenvalue weighted by molar-refractivity contribution is 1.28. The first-order valence-corrected chi connectivity index (χ1v) is 18.6. The second kappa shape index (κ2) is 14.8. The first kappa shape index (κ1) is 33.9. The summed E-state index contributed by atoms with van der Waals surface area (Å²) >= 11 is 0. The van der Waals surface area contributed by atoms with Crippen LogP contribution in [0.2, 0.25) is 0 Å². The Bertz CT molecular complexity index is 2610. The normalized spacial score (nSPS) is 10.8. The standard InChI is InChI=1S/C52H34N4/c53-35-51-47-31-25-39(37-21-27-45(28-22-37)55(41-13-5-1-6-14-41)42-15-7-2-8-16-42)33-49(47)50-34-40(26-32-48(50)52(51)36-54)38-23-29-46(30-24-38)56(43-17-9-3-10-18-43)44-19-11-4-12-20-44/h1-34H. The second-order valence-corrected chi connectivity index (χ2v) is 13.6. The van der Waals surface area contributed by atoms with Crippen LogP contribution in [-0.4, -0.2) is 0 Å². The smallest absolute Gasteiger partial charge is 0.101 e. The van der Waals surface area contributed by atoms with Gasteiger partial charge in [-0.25, -0.2) is 0 Å². The van der Waals surface area contributed by atoms with E-state index in [4.69, 9.17) is 0 Å². The molecule has 0 atom stereocenters. The maximum atomic E-state index is 10.3. The molecule has 0 aliphatic rings. The van der Waals surface area contributed by atoms with Crippen LogP contribution in [0, 0.1) is 22.7 Å². The molecule has 9 rings (SSSR count). The maximum Gasteiger partial charge on any atom is 0.101 e. The van der Waals surface area contributed by atoms with E-state index in [1.54, 1.807) is 0 Å². The first-order chi connectivity index (χ1) is 27.7. The van der Waals surface area contributed by atoms with E-state index in [1.165, 1.54) is 0 Å². The lowest BCUT2D eigenvalue weighted by atomic mass is 9.89. The van der Waals surface area contributed by atoms with Gasteiger partial charge in [-0.15, -0.1) is 0 Å². The topological polar surface area (TPSA) is 54.1 Å². The van der Waals surface area contributed by atoms with E-state index >= 15 is 0 Å². The largest absolute Gasteiger partial charge is 0.311 e. The number of hydrogen-bond donors (Lipinski definition) is 0. The van der Waals surface area contributed by atoms with Crippen molar-refractivity contribution in [1.82, 2.24) is 0 Å². The van der Waals surface area contributed by atoms with Gasteiger partial charge in [0.15, 0.2) is 0 Å². The molecule has 0 bridgehead atoms. The minimum absolute atomic E-state index is 0.400. The average molecular weight is 715 g/mol. The predicted octanol–water partition coefficient (Wildman–Crippen LogP) is 14.0. The number of benzene rings is 9. The van der Waals surface area contributed by atoms with Gasteiger partial charge in [0.2, 0.25) is 0 Å². The Hall–Kier alpha value is -7.92. The molecule has 4 heteroatoms. The van der Waals surface area contributed by atoms with Gasteiger partial charge in [-0.1, -0.05) is 121 Å². The summed E-state index contributed by atoms with van der Waals surface area (Å²) in [5.41, 5.74) is 11.4. The molecule has 0 amide bonds. The van der Waals surface area contributed by atoms with Gasteiger partial charge < -0.3 is 9.80 Å². The molecule has 0 N–H and O–H groups in total. The van der Waals surface area contributed by atoms with Gasteiger partial charge >= 0.3 is 0 Å². The summed E-state index contributed by atoms with van der Waals surface area (Å²) in [6.45, 7) is 0. The van der Waals surface area contributed by atoms with Crippen LogP contribution < -0.4 is 9.80 Å². The van der Waals surface area contributed by atoms with Crippen LogP contribution in [0.25, 0.3) is 43.8 Å². The van der Waals surface area contributed by atoms with Crippen molar-refractivity contribution in [1.29, 1.82) is 10.5 Å². The van der Waals surface area contributed by atoms with Crippen molar-refractivity contribution < 1.29 is 0 Å². The van der Waals surface area contributed by atoms with Crippen molar-refractivity contribution in [2.45, 2.75) is 0 Å². The molecule has 0 radical (unpaired) electrons. The number of nitrogens with zero attached hydrogens (tertiary/aromatic N) is 4. The Morgan fingerprint density at radius 3 is 0.821 bits per heavy atom. The van der Waals surface area contributed by atoms with Crippen LogP contribution >= 0.6 is 0 Å². The molecule has 9 aromatic carbocycles. The van der Waals surface area contributed by atoms with E-state index in [0.717, 1.165) is 77.9 Å². The maximum absolute atomic E-state index is 10.3. The van der Waals surface area contributed by atoms with Crippen LogP contribution in [0.15, 0.2) is 206 Å². The van der Waals surface area contributed by atoms with Crippen LogP contribution in [0.5, 0.6) is 0 Å². The third kappa shape index (κ3) is 6.28. The third-order valence-corrected chi connectivity index (χ3v) is 10.3. The molecule has 0 saturated heterocycles. The highest BCUT2D eigenvalue weighted by Gasteiger charge is 2.18. The number of nitriles is 2. The summed E-state index contributed by atoms with van der Waals surface area (Å²) in [5.74, 6) is 0. The quantitative estimate of drug-likeness (QED) is 0.147. The number of para-hydroxylation sites is 4. The zero-order chi connectivity index (χ0) is 37.8. The van der Waals surface area contributed by atoms with Gasteiger partial charge in [0.1, 0.15) is 12.1 Å². The molecule has 0 fully saturated rings. The lowest BCUT2D eigenvalue weighted by Crippen LogP contribution is -2.09. The van der Waals surface area contributed by atoms with Crippen molar-refractivity contribution in [3.63, 3.8) is 0 Å². The lowest BCUT2D eigenvalue weighted by Gasteiger charge is -2.25. The molecular weight excluding hydrogens is 681 g/mol. The highest BCUT2D eigenvalue weighted by molar-refractivity contribution is 6.14. The van der Waals surface area contributed by atoms with E-state index in [1.807, 2.05) is 48.5 Å². The first-order valence-electron chi connectivity index (χ1n) is 18.6. The fourth-order valence-corrected chi connectivity index (χ4v) is 7.64. The molecule has 0 unspecified atom stereocenters. The van der Waals surface area contributed by atoms with E-state index in [0.29, 0.717) is 11.1 Å². The highest BCUT2D eigenvalue weighted by Crippen LogP contribution is 2.40.